The van der Waals surface area contributed by atoms with Gasteiger partial charge in [0.1, 0.15) is 6.54 Å². The molecule has 0 fully saturated rings. The molecule has 1 heterocycles. The van der Waals surface area contributed by atoms with E-state index in [1.54, 1.807) is 6.20 Å². The van der Waals surface area contributed by atoms with Crippen LogP contribution in [-0.2, 0) is 22.6 Å². The summed E-state index contributed by atoms with van der Waals surface area (Å²) in [5.74, 6) is -0.507. The van der Waals surface area contributed by atoms with Gasteiger partial charge in [0, 0.05) is 12.1 Å². The number of carbonyl (C=O) groups excluding carboxylic acids is 2. The number of amides is 2. The maximum atomic E-state index is 11.4. The quantitative estimate of drug-likeness (QED) is 0.801. The largest absolute Gasteiger partial charge is 0.453 e. The van der Waals surface area contributed by atoms with Gasteiger partial charge in [-0.15, -0.1) is 5.10 Å². The molecule has 8 nitrogen and oxygen atoms in total. The first-order valence-corrected chi connectivity index (χ1v) is 5.82. The van der Waals surface area contributed by atoms with Crippen molar-refractivity contribution in [3.05, 3.63) is 11.9 Å². The van der Waals surface area contributed by atoms with E-state index in [1.807, 2.05) is 26.1 Å². The minimum absolute atomic E-state index is 0.0218. The molecule has 0 aliphatic rings. The number of imide groups is 1. The Hall–Kier alpha value is -1.96. The summed E-state index contributed by atoms with van der Waals surface area (Å²) in [5, 5.41) is 13.0. The molecule has 0 aliphatic carbocycles. The number of nitrogens with zero attached hydrogens (tertiary/aromatic N) is 3. The van der Waals surface area contributed by atoms with Crippen LogP contribution >= 0.6 is 0 Å². The van der Waals surface area contributed by atoms with Crippen LogP contribution in [0, 0.1) is 0 Å². The van der Waals surface area contributed by atoms with Crippen LogP contribution in [-0.4, -0.2) is 39.6 Å². The van der Waals surface area contributed by atoms with E-state index >= 15 is 0 Å². The van der Waals surface area contributed by atoms with Crippen molar-refractivity contribution in [1.29, 1.82) is 0 Å². The van der Waals surface area contributed by atoms with Crippen molar-refractivity contribution in [1.82, 2.24) is 25.6 Å². The fourth-order valence-electron chi connectivity index (χ4n) is 1.20. The Morgan fingerprint density at radius 1 is 1.42 bits per heavy atom. The molecule has 2 amide bonds. The third kappa shape index (κ3) is 5.96. The number of ether oxygens (including phenoxy) is 1. The van der Waals surface area contributed by atoms with Crippen molar-refractivity contribution in [2.24, 2.45) is 0 Å². The summed E-state index contributed by atoms with van der Waals surface area (Å²) in [6.45, 7) is 6.60. The number of alkyl carbamates (subject to hydrolysis) is 1. The predicted molar refractivity (Wildman–Crippen MR) is 67.2 cm³/mol. The van der Waals surface area contributed by atoms with Crippen molar-refractivity contribution in [2.75, 3.05) is 7.11 Å². The molecule has 2 N–H and O–H groups in total. The van der Waals surface area contributed by atoms with Crippen LogP contribution in [0.4, 0.5) is 4.79 Å². The van der Waals surface area contributed by atoms with Crippen molar-refractivity contribution in [2.45, 2.75) is 39.4 Å². The summed E-state index contributed by atoms with van der Waals surface area (Å²) < 4.78 is 5.67. The molecule has 1 aromatic rings. The average Bonchev–Trinajstić information content (AvgIpc) is 2.73. The van der Waals surface area contributed by atoms with Gasteiger partial charge in [-0.25, -0.2) is 9.48 Å². The third-order valence-electron chi connectivity index (χ3n) is 2.12. The van der Waals surface area contributed by atoms with E-state index in [0.717, 1.165) is 5.69 Å². The Morgan fingerprint density at radius 3 is 2.68 bits per heavy atom. The van der Waals surface area contributed by atoms with E-state index < -0.39 is 12.0 Å². The second kappa shape index (κ2) is 6.28. The summed E-state index contributed by atoms with van der Waals surface area (Å²) in [6, 6.07) is 0. The molecule has 1 aromatic heterocycles. The van der Waals surface area contributed by atoms with Gasteiger partial charge in [0.2, 0.25) is 0 Å². The van der Waals surface area contributed by atoms with Gasteiger partial charge >= 0.3 is 6.09 Å². The molecule has 1 rings (SSSR count). The molecule has 19 heavy (non-hydrogen) atoms. The molecular formula is C11H19N5O3. The zero-order chi connectivity index (χ0) is 14.5. The Balaban J connectivity index is 2.46. The standard InChI is InChI=1S/C11H19N5O3/c1-11(2,3)12-5-8-6-16(15-14-8)7-9(17)13-10(18)19-4/h6,12H,5,7H2,1-4H3,(H,13,17,18). The van der Waals surface area contributed by atoms with Crippen molar-refractivity contribution < 1.29 is 14.3 Å². The highest BCUT2D eigenvalue weighted by Gasteiger charge is 2.12. The predicted octanol–water partition coefficient (Wildman–Crippen LogP) is 0.0488. The van der Waals surface area contributed by atoms with Crippen LogP contribution in [0.5, 0.6) is 0 Å². The number of carbonyl (C=O) groups is 2. The lowest BCUT2D eigenvalue weighted by molar-refractivity contribution is -0.121. The summed E-state index contributed by atoms with van der Waals surface area (Å²) in [5.41, 5.74) is 0.701. The number of aromatic nitrogens is 3. The van der Waals surface area contributed by atoms with Gasteiger partial charge in [0.25, 0.3) is 5.91 Å². The van der Waals surface area contributed by atoms with Gasteiger partial charge in [-0.2, -0.15) is 0 Å². The fraction of sp³-hybridized carbons (Fsp3) is 0.636. The first-order valence-electron chi connectivity index (χ1n) is 5.82. The fourth-order valence-corrected chi connectivity index (χ4v) is 1.20. The molecule has 106 valence electrons. The maximum Gasteiger partial charge on any atom is 0.413 e. The number of nitrogens with one attached hydrogen (secondary N) is 2. The van der Waals surface area contributed by atoms with Gasteiger partial charge in [-0.3, -0.25) is 10.1 Å². The SMILES string of the molecule is COC(=O)NC(=O)Cn1cc(CNC(C)(C)C)nn1. The number of methoxy groups -OCH3 is 1. The Kier molecular flexibility index (Phi) is 4.99. The van der Waals surface area contributed by atoms with E-state index in [4.69, 9.17) is 0 Å². The highest BCUT2D eigenvalue weighted by Crippen LogP contribution is 2.01. The van der Waals surface area contributed by atoms with Gasteiger partial charge in [0.05, 0.1) is 19.0 Å². The van der Waals surface area contributed by atoms with E-state index in [0.29, 0.717) is 6.54 Å². The first-order chi connectivity index (χ1) is 8.80. The summed E-state index contributed by atoms with van der Waals surface area (Å²) in [6.07, 6.45) is 0.857. The van der Waals surface area contributed by atoms with Gasteiger partial charge < -0.3 is 10.1 Å². The van der Waals surface area contributed by atoms with Crippen LogP contribution in [0.3, 0.4) is 0 Å². The van der Waals surface area contributed by atoms with E-state index in [9.17, 15) is 9.59 Å². The zero-order valence-corrected chi connectivity index (χ0v) is 11.6. The first kappa shape index (κ1) is 15.1. The molecule has 0 spiro atoms. The van der Waals surface area contributed by atoms with Crippen molar-refractivity contribution in [3.8, 4) is 0 Å². The molecule has 0 aromatic carbocycles. The topological polar surface area (TPSA) is 98.1 Å². The normalized spacial score (nSPS) is 11.2. The minimum atomic E-state index is -0.792. The number of hydrogen-bond donors (Lipinski definition) is 2. The lowest BCUT2D eigenvalue weighted by Gasteiger charge is -2.19. The van der Waals surface area contributed by atoms with Crippen LogP contribution in [0.15, 0.2) is 6.20 Å². The maximum absolute atomic E-state index is 11.4. The zero-order valence-electron chi connectivity index (χ0n) is 11.6. The number of hydrogen-bond acceptors (Lipinski definition) is 6. The molecule has 0 atom stereocenters. The van der Waals surface area contributed by atoms with E-state index in [2.05, 4.69) is 20.4 Å². The third-order valence-corrected chi connectivity index (χ3v) is 2.12. The van der Waals surface area contributed by atoms with Gasteiger partial charge in [-0.05, 0) is 20.8 Å². The van der Waals surface area contributed by atoms with Crippen LogP contribution < -0.4 is 10.6 Å². The summed E-state index contributed by atoms with van der Waals surface area (Å²) in [4.78, 5) is 22.2. The van der Waals surface area contributed by atoms with E-state index in [-0.39, 0.29) is 12.1 Å². The molecule has 0 bridgehead atoms. The molecule has 0 unspecified atom stereocenters. The highest BCUT2D eigenvalue weighted by molar-refractivity contribution is 5.91. The van der Waals surface area contributed by atoms with Gasteiger partial charge in [-0.1, -0.05) is 5.21 Å². The Bertz CT molecular complexity index is 449. The minimum Gasteiger partial charge on any atom is -0.453 e. The Morgan fingerprint density at radius 2 is 2.11 bits per heavy atom. The van der Waals surface area contributed by atoms with Crippen LogP contribution in [0.2, 0.25) is 0 Å². The summed E-state index contributed by atoms with van der Waals surface area (Å²) >= 11 is 0. The monoisotopic (exact) mass is 269 g/mol. The van der Waals surface area contributed by atoms with Crippen LogP contribution in [0.1, 0.15) is 26.5 Å². The molecule has 8 heteroatoms. The van der Waals surface area contributed by atoms with Crippen LogP contribution in [0.25, 0.3) is 0 Å². The molecule has 0 aliphatic heterocycles. The Labute approximate surface area is 111 Å². The second-order valence-corrected chi connectivity index (χ2v) is 5.05. The summed E-state index contributed by atoms with van der Waals surface area (Å²) in [7, 11) is 1.19. The molecular weight excluding hydrogens is 250 g/mol. The average molecular weight is 269 g/mol. The number of rotatable bonds is 4. The molecule has 0 saturated heterocycles. The van der Waals surface area contributed by atoms with Crippen molar-refractivity contribution >= 4 is 12.0 Å². The lowest BCUT2D eigenvalue weighted by Crippen LogP contribution is -2.35. The van der Waals surface area contributed by atoms with E-state index in [1.165, 1.54) is 11.8 Å². The molecule has 0 saturated carbocycles. The smallest absolute Gasteiger partial charge is 0.413 e. The highest BCUT2D eigenvalue weighted by atomic mass is 16.5. The molecule has 0 radical (unpaired) electrons. The second-order valence-electron chi connectivity index (χ2n) is 5.05. The lowest BCUT2D eigenvalue weighted by atomic mass is 10.1. The van der Waals surface area contributed by atoms with Crippen molar-refractivity contribution in [3.63, 3.8) is 0 Å². The van der Waals surface area contributed by atoms with Gasteiger partial charge in [0.15, 0.2) is 0 Å².